The molecule has 4 nitrogen and oxygen atoms in total. The van der Waals surface area contributed by atoms with E-state index in [1.54, 1.807) is 6.20 Å². The lowest BCUT2D eigenvalue weighted by Gasteiger charge is -2.01. The summed E-state index contributed by atoms with van der Waals surface area (Å²) in [5.74, 6) is 0. The molecule has 100 valence electrons. The molecule has 1 aromatic carbocycles. The Kier molecular flexibility index (Phi) is 3.90. The van der Waals surface area contributed by atoms with Crippen molar-refractivity contribution in [2.24, 2.45) is 0 Å². The average Bonchev–Trinajstić information content (AvgIpc) is 2.87. The van der Waals surface area contributed by atoms with Gasteiger partial charge in [-0.25, -0.2) is 0 Å². The lowest BCUT2D eigenvalue weighted by Crippen LogP contribution is -1.90. The first-order chi connectivity index (χ1) is 9.79. The van der Waals surface area contributed by atoms with Crippen LogP contribution in [0.2, 0.25) is 5.02 Å². The number of benzene rings is 1. The highest BCUT2D eigenvalue weighted by molar-refractivity contribution is 7.15. The predicted molar refractivity (Wildman–Crippen MR) is 81.7 cm³/mol. The smallest absolute Gasteiger partial charge is 0.210 e. The van der Waals surface area contributed by atoms with Crippen LogP contribution in [0.3, 0.4) is 0 Å². The molecule has 0 radical (unpaired) electrons. The number of aromatic nitrogens is 3. The molecule has 6 heteroatoms. The van der Waals surface area contributed by atoms with Crippen LogP contribution in [0.4, 0.5) is 10.8 Å². The number of halogens is 1. The summed E-state index contributed by atoms with van der Waals surface area (Å²) in [5, 5.41) is 13.8. The molecule has 0 atom stereocenters. The van der Waals surface area contributed by atoms with Gasteiger partial charge < -0.3 is 5.32 Å². The fraction of sp³-hybridized carbons (Fsp3) is 0.0714. The topological polar surface area (TPSA) is 50.7 Å². The fourth-order valence-corrected chi connectivity index (χ4v) is 2.69. The molecule has 1 N–H and O–H groups in total. The molecular formula is C14H11ClN4S. The first kappa shape index (κ1) is 13.0. The normalized spacial score (nSPS) is 10.4. The van der Waals surface area contributed by atoms with Gasteiger partial charge in [0, 0.05) is 29.0 Å². The van der Waals surface area contributed by atoms with Crippen LogP contribution in [-0.2, 0) is 6.42 Å². The lowest BCUT2D eigenvalue weighted by molar-refractivity contribution is 0.978. The van der Waals surface area contributed by atoms with Crippen molar-refractivity contribution in [2.45, 2.75) is 6.42 Å². The van der Waals surface area contributed by atoms with Crippen LogP contribution >= 0.6 is 22.9 Å². The van der Waals surface area contributed by atoms with Crippen molar-refractivity contribution >= 4 is 33.8 Å². The van der Waals surface area contributed by atoms with Gasteiger partial charge in [-0.15, -0.1) is 10.2 Å². The van der Waals surface area contributed by atoms with E-state index in [1.807, 2.05) is 42.5 Å². The lowest BCUT2D eigenvalue weighted by atomic mass is 10.3. The molecule has 0 aliphatic heterocycles. The van der Waals surface area contributed by atoms with Crippen molar-refractivity contribution < 1.29 is 0 Å². The van der Waals surface area contributed by atoms with E-state index < -0.39 is 0 Å². The molecule has 0 saturated carbocycles. The fourth-order valence-electron chi connectivity index (χ4n) is 1.72. The van der Waals surface area contributed by atoms with Gasteiger partial charge in [-0.05, 0) is 30.3 Å². The van der Waals surface area contributed by atoms with Crippen LogP contribution in [0.25, 0.3) is 0 Å². The Morgan fingerprint density at radius 3 is 2.85 bits per heavy atom. The van der Waals surface area contributed by atoms with E-state index in [4.69, 9.17) is 11.6 Å². The van der Waals surface area contributed by atoms with E-state index in [2.05, 4.69) is 20.5 Å². The molecule has 0 bridgehead atoms. The molecule has 0 fully saturated rings. The summed E-state index contributed by atoms with van der Waals surface area (Å²) >= 11 is 7.45. The van der Waals surface area contributed by atoms with Gasteiger partial charge in [-0.3, -0.25) is 4.98 Å². The van der Waals surface area contributed by atoms with Gasteiger partial charge in [0.05, 0.1) is 0 Å². The number of anilines is 2. The summed E-state index contributed by atoms with van der Waals surface area (Å²) in [5.41, 5.74) is 1.89. The average molecular weight is 303 g/mol. The van der Waals surface area contributed by atoms with Crippen molar-refractivity contribution in [2.75, 3.05) is 5.32 Å². The van der Waals surface area contributed by atoms with E-state index in [1.165, 1.54) is 11.3 Å². The number of nitrogens with zero attached hydrogens (tertiary/aromatic N) is 3. The van der Waals surface area contributed by atoms with Crippen molar-refractivity contribution in [1.29, 1.82) is 0 Å². The quantitative estimate of drug-likeness (QED) is 0.793. The van der Waals surface area contributed by atoms with Gasteiger partial charge >= 0.3 is 0 Å². The molecule has 0 aliphatic carbocycles. The standard InChI is InChI=1S/C14H11ClN4S/c15-10-4-3-6-12(8-10)17-14-19-18-13(20-14)9-11-5-1-2-7-16-11/h1-8H,9H2,(H,17,19). The Hall–Kier alpha value is -1.98. The number of nitrogens with one attached hydrogen (secondary N) is 1. The molecular weight excluding hydrogens is 292 g/mol. The zero-order valence-electron chi connectivity index (χ0n) is 10.5. The van der Waals surface area contributed by atoms with E-state index in [0.29, 0.717) is 11.4 Å². The molecule has 0 aliphatic rings. The highest BCUT2D eigenvalue weighted by Gasteiger charge is 2.06. The second-order valence-electron chi connectivity index (χ2n) is 4.13. The minimum atomic E-state index is 0.688. The maximum absolute atomic E-state index is 5.94. The van der Waals surface area contributed by atoms with Crippen LogP contribution in [-0.4, -0.2) is 15.2 Å². The first-order valence-electron chi connectivity index (χ1n) is 6.04. The summed E-state index contributed by atoms with van der Waals surface area (Å²) in [4.78, 5) is 4.28. The molecule has 2 aromatic heterocycles. The summed E-state index contributed by atoms with van der Waals surface area (Å²) in [6.07, 6.45) is 2.47. The number of rotatable bonds is 4. The highest BCUT2D eigenvalue weighted by Crippen LogP contribution is 2.23. The zero-order chi connectivity index (χ0) is 13.8. The van der Waals surface area contributed by atoms with Gasteiger partial charge in [0.25, 0.3) is 0 Å². The van der Waals surface area contributed by atoms with E-state index in [-0.39, 0.29) is 0 Å². The molecule has 2 heterocycles. The number of hydrogen-bond acceptors (Lipinski definition) is 5. The van der Waals surface area contributed by atoms with Crippen LogP contribution in [0.15, 0.2) is 48.7 Å². The molecule has 0 saturated heterocycles. The minimum absolute atomic E-state index is 0.688. The van der Waals surface area contributed by atoms with Crippen LogP contribution in [0.1, 0.15) is 10.7 Å². The molecule has 0 unspecified atom stereocenters. The maximum Gasteiger partial charge on any atom is 0.210 e. The molecule has 0 spiro atoms. The third-order valence-electron chi connectivity index (χ3n) is 2.60. The number of hydrogen-bond donors (Lipinski definition) is 1. The zero-order valence-corrected chi connectivity index (χ0v) is 12.0. The summed E-state index contributed by atoms with van der Waals surface area (Å²) in [7, 11) is 0. The molecule has 3 aromatic rings. The van der Waals surface area contributed by atoms with E-state index >= 15 is 0 Å². The van der Waals surface area contributed by atoms with E-state index in [0.717, 1.165) is 21.5 Å². The Balaban J connectivity index is 1.71. The van der Waals surface area contributed by atoms with Gasteiger partial charge in [-0.1, -0.05) is 35.1 Å². The third kappa shape index (κ3) is 3.31. The van der Waals surface area contributed by atoms with Crippen molar-refractivity contribution in [3.8, 4) is 0 Å². The highest BCUT2D eigenvalue weighted by atomic mass is 35.5. The van der Waals surface area contributed by atoms with Gasteiger partial charge in [0.1, 0.15) is 5.01 Å². The first-order valence-corrected chi connectivity index (χ1v) is 7.24. The molecule has 20 heavy (non-hydrogen) atoms. The SMILES string of the molecule is Clc1cccc(Nc2nnc(Cc3ccccn3)s2)c1. The van der Waals surface area contributed by atoms with E-state index in [9.17, 15) is 0 Å². The van der Waals surface area contributed by atoms with Crippen LogP contribution < -0.4 is 5.32 Å². The second kappa shape index (κ2) is 5.98. The van der Waals surface area contributed by atoms with Crippen LogP contribution in [0, 0.1) is 0 Å². The van der Waals surface area contributed by atoms with Gasteiger partial charge in [0.15, 0.2) is 0 Å². The molecule has 0 amide bonds. The molecule has 3 rings (SSSR count). The summed E-state index contributed by atoms with van der Waals surface area (Å²) in [6, 6.07) is 13.3. The Morgan fingerprint density at radius 2 is 2.05 bits per heavy atom. The van der Waals surface area contributed by atoms with Crippen LogP contribution in [0.5, 0.6) is 0 Å². The summed E-state index contributed by atoms with van der Waals surface area (Å²) in [6.45, 7) is 0. The Morgan fingerprint density at radius 1 is 1.10 bits per heavy atom. The maximum atomic E-state index is 5.94. The Bertz CT molecular complexity index is 699. The monoisotopic (exact) mass is 302 g/mol. The largest absolute Gasteiger partial charge is 0.330 e. The Labute approximate surface area is 125 Å². The van der Waals surface area contributed by atoms with Crippen molar-refractivity contribution in [3.63, 3.8) is 0 Å². The summed E-state index contributed by atoms with van der Waals surface area (Å²) < 4.78 is 0. The van der Waals surface area contributed by atoms with Gasteiger partial charge in [0.2, 0.25) is 5.13 Å². The third-order valence-corrected chi connectivity index (χ3v) is 3.67. The number of pyridine rings is 1. The van der Waals surface area contributed by atoms with Gasteiger partial charge in [-0.2, -0.15) is 0 Å². The van der Waals surface area contributed by atoms with Crippen molar-refractivity contribution in [3.05, 3.63) is 64.4 Å². The second-order valence-corrected chi connectivity index (χ2v) is 5.63. The predicted octanol–water partition coefficient (Wildman–Crippen LogP) is 3.92. The minimum Gasteiger partial charge on any atom is -0.330 e. The van der Waals surface area contributed by atoms with Crippen molar-refractivity contribution in [1.82, 2.24) is 15.2 Å².